The third-order valence-corrected chi connectivity index (χ3v) is 4.25. The van der Waals surface area contributed by atoms with Crippen LogP contribution >= 0.6 is 19.3 Å². The standard InChI is InChI=1S/C8H13O2PS/c9-6-11(7-10)4-3-8-2-1-5-12-8/h1-2,5,9-10H,3-4,6-7H2. The van der Waals surface area contributed by atoms with Gasteiger partial charge in [-0.25, -0.2) is 0 Å². The van der Waals surface area contributed by atoms with Gasteiger partial charge in [0.2, 0.25) is 0 Å². The minimum absolute atomic E-state index is 0.150. The average molecular weight is 204 g/mol. The first-order valence-corrected chi connectivity index (χ1v) is 6.61. The Bertz CT molecular complexity index is 197. The van der Waals surface area contributed by atoms with E-state index in [1.807, 2.05) is 6.07 Å². The van der Waals surface area contributed by atoms with E-state index >= 15 is 0 Å². The first-order valence-electron chi connectivity index (χ1n) is 3.83. The quantitative estimate of drug-likeness (QED) is 0.716. The highest BCUT2D eigenvalue weighted by molar-refractivity contribution is 7.57. The average Bonchev–Trinajstić information content (AvgIpc) is 2.59. The van der Waals surface area contributed by atoms with Crippen LogP contribution in [0.3, 0.4) is 0 Å². The van der Waals surface area contributed by atoms with Crippen LogP contribution < -0.4 is 0 Å². The van der Waals surface area contributed by atoms with Crippen molar-refractivity contribution in [1.82, 2.24) is 0 Å². The van der Waals surface area contributed by atoms with E-state index in [4.69, 9.17) is 10.2 Å². The van der Waals surface area contributed by atoms with Crippen LogP contribution in [0.15, 0.2) is 17.5 Å². The Morgan fingerprint density at radius 3 is 2.58 bits per heavy atom. The molecule has 0 aromatic carbocycles. The van der Waals surface area contributed by atoms with Gasteiger partial charge in [-0.15, -0.1) is 11.3 Å². The maximum absolute atomic E-state index is 8.83. The predicted molar refractivity (Wildman–Crippen MR) is 54.0 cm³/mol. The largest absolute Gasteiger partial charge is 0.392 e. The molecule has 0 saturated carbocycles. The smallest absolute Gasteiger partial charge is 0.0646 e. The van der Waals surface area contributed by atoms with Gasteiger partial charge in [0.05, 0.1) is 12.7 Å². The van der Waals surface area contributed by atoms with E-state index < -0.39 is 7.92 Å². The van der Waals surface area contributed by atoms with Crippen LogP contribution in [0.4, 0.5) is 0 Å². The van der Waals surface area contributed by atoms with Gasteiger partial charge in [0, 0.05) is 4.88 Å². The van der Waals surface area contributed by atoms with Gasteiger partial charge in [-0.2, -0.15) is 0 Å². The van der Waals surface area contributed by atoms with Crippen molar-refractivity contribution in [2.75, 3.05) is 18.9 Å². The van der Waals surface area contributed by atoms with Crippen molar-refractivity contribution in [2.24, 2.45) is 0 Å². The van der Waals surface area contributed by atoms with Crippen LogP contribution in [0.25, 0.3) is 0 Å². The maximum Gasteiger partial charge on any atom is 0.0646 e. The summed E-state index contributed by atoms with van der Waals surface area (Å²) in [5.74, 6) is 0. The minimum atomic E-state index is -0.543. The molecule has 2 N–H and O–H groups in total. The molecule has 68 valence electrons. The zero-order valence-corrected chi connectivity index (χ0v) is 8.52. The van der Waals surface area contributed by atoms with Crippen LogP contribution in [0.5, 0.6) is 0 Å². The van der Waals surface area contributed by atoms with Gasteiger partial charge >= 0.3 is 0 Å². The van der Waals surface area contributed by atoms with E-state index in [9.17, 15) is 0 Å². The van der Waals surface area contributed by atoms with E-state index in [2.05, 4.69) is 11.4 Å². The van der Waals surface area contributed by atoms with E-state index in [1.165, 1.54) is 4.88 Å². The summed E-state index contributed by atoms with van der Waals surface area (Å²) in [7, 11) is -0.543. The van der Waals surface area contributed by atoms with Crippen LogP contribution in [-0.4, -0.2) is 29.1 Å². The lowest BCUT2D eigenvalue weighted by Gasteiger charge is -2.09. The summed E-state index contributed by atoms with van der Waals surface area (Å²) in [6, 6.07) is 4.12. The molecule has 0 unspecified atom stereocenters. The van der Waals surface area contributed by atoms with Crippen molar-refractivity contribution in [1.29, 1.82) is 0 Å². The van der Waals surface area contributed by atoms with Crippen LogP contribution in [0.1, 0.15) is 4.88 Å². The lowest BCUT2D eigenvalue weighted by molar-refractivity contribution is 0.343. The fraction of sp³-hybridized carbons (Fsp3) is 0.500. The fourth-order valence-electron chi connectivity index (χ4n) is 0.909. The second-order valence-corrected chi connectivity index (χ2v) is 5.89. The molecule has 0 aliphatic heterocycles. The molecule has 0 aliphatic carbocycles. The zero-order chi connectivity index (χ0) is 8.81. The van der Waals surface area contributed by atoms with Gasteiger partial charge in [0.15, 0.2) is 0 Å². The molecule has 0 amide bonds. The lowest BCUT2D eigenvalue weighted by Crippen LogP contribution is -1.95. The predicted octanol–water partition coefficient (Wildman–Crippen LogP) is 1.67. The number of aryl methyl sites for hydroxylation is 1. The molecule has 1 rings (SSSR count). The van der Waals surface area contributed by atoms with Gasteiger partial charge in [-0.05, 0) is 24.0 Å². The van der Waals surface area contributed by atoms with Crippen molar-refractivity contribution in [3.05, 3.63) is 22.4 Å². The molecule has 12 heavy (non-hydrogen) atoms. The second kappa shape index (κ2) is 5.65. The van der Waals surface area contributed by atoms with E-state index in [0.29, 0.717) is 0 Å². The van der Waals surface area contributed by atoms with Crippen LogP contribution in [-0.2, 0) is 6.42 Å². The van der Waals surface area contributed by atoms with E-state index in [1.54, 1.807) is 11.3 Å². The topological polar surface area (TPSA) is 40.5 Å². The van der Waals surface area contributed by atoms with Crippen molar-refractivity contribution in [3.8, 4) is 0 Å². The number of hydrogen-bond donors (Lipinski definition) is 2. The number of aliphatic hydroxyl groups is 2. The maximum atomic E-state index is 8.83. The highest BCUT2D eigenvalue weighted by Crippen LogP contribution is 2.33. The Hall–Kier alpha value is 0.0500. The molecule has 0 atom stereocenters. The molecular formula is C8H13O2PS. The molecule has 4 heteroatoms. The van der Waals surface area contributed by atoms with Gasteiger partial charge in [0.25, 0.3) is 0 Å². The monoisotopic (exact) mass is 204 g/mol. The number of aliphatic hydroxyl groups excluding tert-OH is 2. The normalized spacial score (nSPS) is 10.9. The Kier molecular flexibility index (Phi) is 4.77. The molecule has 0 bridgehead atoms. The SMILES string of the molecule is OCP(CO)CCc1cccs1. The summed E-state index contributed by atoms with van der Waals surface area (Å²) in [6.07, 6.45) is 2.22. The first-order chi connectivity index (χ1) is 5.86. The Morgan fingerprint density at radius 1 is 1.33 bits per heavy atom. The van der Waals surface area contributed by atoms with Crippen LogP contribution in [0, 0.1) is 0 Å². The second-order valence-electron chi connectivity index (χ2n) is 2.51. The molecule has 2 nitrogen and oxygen atoms in total. The molecular weight excluding hydrogens is 191 g/mol. The number of rotatable bonds is 5. The summed E-state index contributed by atoms with van der Waals surface area (Å²) in [4.78, 5) is 1.34. The molecule has 1 aromatic rings. The summed E-state index contributed by atoms with van der Waals surface area (Å²) < 4.78 is 0. The van der Waals surface area contributed by atoms with Gasteiger partial charge in [0.1, 0.15) is 0 Å². The van der Waals surface area contributed by atoms with E-state index in [-0.39, 0.29) is 12.7 Å². The molecule has 0 spiro atoms. The Morgan fingerprint density at radius 2 is 2.08 bits per heavy atom. The summed E-state index contributed by atoms with van der Waals surface area (Å²) in [5, 5.41) is 19.7. The van der Waals surface area contributed by atoms with Crippen molar-refractivity contribution in [2.45, 2.75) is 6.42 Å². The molecule has 1 aromatic heterocycles. The van der Waals surface area contributed by atoms with Gasteiger partial charge in [-0.3, -0.25) is 0 Å². The highest BCUT2D eigenvalue weighted by Gasteiger charge is 2.04. The van der Waals surface area contributed by atoms with Crippen molar-refractivity contribution >= 4 is 19.3 Å². The molecule has 0 fully saturated rings. The van der Waals surface area contributed by atoms with Crippen molar-refractivity contribution < 1.29 is 10.2 Å². The number of hydrogen-bond acceptors (Lipinski definition) is 3. The number of thiophene rings is 1. The summed E-state index contributed by atoms with van der Waals surface area (Å²) in [6.45, 7) is 0. The third kappa shape index (κ3) is 3.20. The fourth-order valence-corrected chi connectivity index (χ4v) is 2.70. The zero-order valence-electron chi connectivity index (χ0n) is 6.81. The molecule has 0 saturated heterocycles. The van der Waals surface area contributed by atoms with E-state index in [0.717, 1.165) is 12.6 Å². The first kappa shape index (κ1) is 10.1. The molecule has 1 heterocycles. The summed E-state index contributed by atoms with van der Waals surface area (Å²) >= 11 is 1.73. The van der Waals surface area contributed by atoms with Crippen molar-refractivity contribution in [3.63, 3.8) is 0 Å². The Labute approximate surface area is 77.6 Å². The van der Waals surface area contributed by atoms with Crippen LogP contribution in [0.2, 0.25) is 0 Å². The minimum Gasteiger partial charge on any atom is -0.392 e. The molecule has 0 radical (unpaired) electrons. The summed E-state index contributed by atoms with van der Waals surface area (Å²) in [5.41, 5.74) is 0. The third-order valence-electron chi connectivity index (χ3n) is 1.65. The molecule has 0 aliphatic rings. The lowest BCUT2D eigenvalue weighted by atomic mass is 10.4. The van der Waals surface area contributed by atoms with Gasteiger partial charge < -0.3 is 10.2 Å². The van der Waals surface area contributed by atoms with Gasteiger partial charge in [-0.1, -0.05) is 14.0 Å². The Balaban J connectivity index is 2.25. The highest BCUT2D eigenvalue weighted by atomic mass is 32.1.